The number of rotatable bonds is 8. The molecule has 0 aromatic carbocycles. The van der Waals surface area contributed by atoms with E-state index in [1.807, 2.05) is 13.8 Å². The summed E-state index contributed by atoms with van der Waals surface area (Å²) in [6, 6.07) is 0. The Bertz CT molecular complexity index is 803. The number of carbonyl (C=O) groups is 2. The van der Waals surface area contributed by atoms with Crippen LogP contribution in [-0.2, 0) is 16.0 Å². The Kier molecular flexibility index (Phi) is 5.99. The zero-order valence-corrected chi connectivity index (χ0v) is 17.9. The normalized spacial score (nSPS) is 27.8. The van der Waals surface area contributed by atoms with Crippen LogP contribution in [0.5, 0.6) is 0 Å². The molecule has 2 fully saturated rings. The van der Waals surface area contributed by atoms with Crippen molar-refractivity contribution < 1.29 is 9.59 Å². The molecular formula is C21H29N5O2S. The molecule has 0 spiro atoms. The van der Waals surface area contributed by atoms with Crippen LogP contribution >= 0.6 is 11.3 Å². The Labute approximate surface area is 175 Å². The second-order valence-corrected chi connectivity index (χ2v) is 8.94. The Hall–Kier alpha value is -2.22. The van der Waals surface area contributed by atoms with Crippen LogP contribution in [0.3, 0.4) is 0 Å². The molecule has 3 aliphatic rings. The molecule has 4 atom stereocenters. The second kappa shape index (κ2) is 8.65. The molecule has 2 amide bonds. The van der Waals surface area contributed by atoms with Crippen molar-refractivity contribution in [3.63, 3.8) is 0 Å². The quantitative estimate of drug-likeness (QED) is 0.222. The molecule has 2 bridgehead atoms. The third-order valence-corrected chi connectivity index (χ3v) is 7.05. The summed E-state index contributed by atoms with van der Waals surface area (Å²) < 4.78 is 0. The zero-order chi connectivity index (χ0) is 20.4. The van der Waals surface area contributed by atoms with Crippen molar-refractivity contribution in [2.24, 2.45) is 28.7 Å². The van der Waals surface area contributed by atoms with Crippen LogP contribution in [0.1, 0.15) is 30.5 Å². The number of amides is 2. The number of nitrogens with zero attached hydrogens (tertiary/aromatic N) is 3. The largest absolute Gasteiger partial charge is 0.357 e. The molecule has 4 rings (SSSR count). The van der Waals surface area contributed by atoms with Crippen molar-refractivity contribution in [2.45, 2.75) is 33.1 Å². The van der Waals surface area contributed by atoms with Crippen LogP contribution in [0, 0.1) is 30.6 Å². The molecule has 1 saturated carbocycles. The molecule has 2 heterocycles. The molecule has 2 aliphatic carbocycles. The standard InChI is InChI=1S/C21H29N5O2S/c1-3-22-21(23-8-4-5-16-25-13(2)12-29-16)24-9-10-26-19(27)17-14-6-7-15(11-14)18(17)20(26)28/h6-7,12,14-15,17-18H,3-5,8-11H2,1-2H3,(H2,22,23,24). The van der Waals surface area contributed by atoms with Crippen molar-refractivity contribution in [2.75, 3.05) is 26.2 Å². The molecule has 1 saturated heterocycles. The lowest BCUT2D eigenvalue weighted by molar-refractivity contribution is -0.140. The van der Waals surface area contributed by atoms with Gasteiger partial charge in [0.2, 0.25) is 11.8 Å². The van der Waals surface area contributed by atoms with Crippen LogP contribution in [-0.4, -0.2) is 53.8 Å². The number of imide groups is 1. The predicted octanol–water partition coefficient (Wildman–Crippen LogP) is 1.75. The maximum atomic E-state index is 12.7. The highest BCUT2D eigenvalue weighted by Gasteiger charge is 2.58. The van der Waals surface area contributed by atoms with E-state index >= 15 is 0 Å². The summed E-state index contributed by atoms with van der Waals surface area (Å²) in [5.74, 6) is 1.05. The third kappa shape index (κ3) is 4.08. The van der Waals surface area contributed by atoms with Crippen LogP contribution in [0.15, 0.2) is 22.5 Å². The lowest BCUT2D eigenvalue weighted by atomic mass is 9.85. The third-order valence-electron chi connectivity index (χ3n) is 6.02. The molecule has 1 aromatic rings. The highest BCUT2D eigenvalue weighted by atomic mass is 32.1. The van der Waals surface area contributed by atoms with E-state index < -0.39 is 0 Å². The fraction of sp³-hybridized carbons (Fsp3) is 0.619. The van der Waals surface area contributed by atoms with Gasteiger partial charge >= 0.3 is 0 Å². The first-order valence-electron chi connectivity index (χ1n) is 10.5. The monoisotopic (exact) mass is 415 g/mol. The average molecular weight is 416 g/mol. The maximum absolute atomic E-state index is 12.7. The molecule has 29 heavy (non-hydrogen) atoms. The summed E-state index contributed by atoms with van der Waals surface area (Å²) in [6.45, 7) is 6.40. The van der Waals surface area contributed by atoms with E-state index in [0.717, 1.165) is 42.5 Å². The Morgan fingerprint density at radius 3 is 2.59 bits per heavy atom. The van der Waals surface area contributed by atoms with Crippen LogP contribution in [0.4, 0.5) is 0 Å². The van der Waals surface area contributed by atoms with Gasteiger partial charge in [0.05, 0.1) is 16.8 Å². The topological polar surface area (TPSA) is 86.7 Å². The van der Waals surface area contributed by atoms with Crippen molar-refractivity contribution >= 4 is 29.1 Å². The molecule has 1 aromatic heterocycles. The highest BCUT2D eigenvalue weighted by Crippen LogP contribution is 2.52. The number of hydrogen-bond acceptors (Lipinski definition) is 5. The molecule has 7 nitrogen and oxygen atoms in total. The van der Waals surface area contributed by atoms with Gasteiger partial charge in [0.25, 0.3) is 0 Å². The summed E-state index contributed by atoms with van der Waals surface area (Å²) in [4.78, 5) is 36.0. The Morgan fingerprint density at radius 1 is 1.24 bits per heavy atom. The number of allylic oxidation sites excluding steroid dienone is 2. The first-order chi connectivity index (χ1) is 14.1. The summed E-state index contributed by atoms with van der Waals surface area (Å²) in [6.07, 6.45) is 7.09. The van der Waals surface area contributed by atoms with Gasteiger partial charge in [0.1, 0.15) is 0 Å². The minimum Gasteiger partial charge on any atom is -0.357 e. The van der Waals surface area contributed by atoms with Gasteiger partial charge in [0.15, 0.2) is 5.96 Å². The van der Waals surface area contributed by atoms with E-state index in [2.05, 4.69) is 38.1 Å². The van der Waals surface area contributed by atoms with E-state index in [1.54, 1.807) is 11.3 Å². The van der Waals surface area contributed by atoms with Gasteiger partial charge in [-0.2, -0.15) is 0 Å². The summed E-state index contributed by atoms with van der Waals surface area (Å²) in [7, 11) is 0. The smallest absolute Gasteiger partial charge is 0.233 e. The number of hydrogen-bond donors (Lipinski definition) is 2. The molecule has 4 unspecified atom stereocenters. The molecule has 2 N–H and O–H groups in total. The van der Waals surface area contributed by atoms with Gasteiger partial charge in [-0.15, -0.1) is 11.3 Å². The van der Waals surface area contributed by atoms with Gasteiger partial charge < -0.3 is 10.6 Å². The predicted molar refractivity (Wildman–Crippen MR) is 114 cm³/mol. The fourth-order valence-corrected chi connectivity index (χ4v) is 5.57. The van der Waals surface area contributed by atoms with Crippen molar-refractivity contribution in [3.8, 4) is 0 Å². The van der Waals surface area contributed by atoms with E-state index in [9.17, 15) is 9.59 Å². The van der Waals surface area contributed by atoms with Gasteiger partial charge in [-0.25, -0.2) is 4.98 Å². The molecule has 0 radical (unpaired) electrons. The van der Waals surface area contributed by atoms with E-state index in [1.165, 1.54) is 4.90 Å². The first kappa shape index (κ1) is 20.1. The number of fused-ring (bicyclic) bond motifs is 5. The van der Waals surface area contributed by atoms with Gasteiger partial charge in [-0.05, 0) is 38.5 Å². The molecular weight excluding hydrogens is 386 g/mol. The van der Waals surface area contributed by atoms with Crippen molar-refractivity contribution in [1.82, 2.24) is 20.5 Å². The number of likely N-dealkylation sites (tertiary alicyclic amines) is 1. The van der Waals surface area contributed by atoms with Crippen molar-refractivity contribution in [3.05, 3.63) is 28.2 Å². The van der Waals surface area contributed by atoms with Gasteiger partial charge in [-0.3, -0.25) is 19.5 Å². The van der Waals surface area contributed by atoms with Gasteiger partial charge in [0, 0.05) is 43.7 Å². The van der Waals surface area contributed by atoms with Crippen LogP contribution < -0.4 is 10.6 Å². The number of guanidine groups is 1. The van der Waals surface area contributed by atoms with E-state index in [-0.39, 0.29) is 35.5 Å². The SMILES string of the molecule is CCNC(=NCCCc1nc(C)cs1)NCCN1C(=O)C2C3C=CC(C3)C2C1=O. The number of aryl methyl sites for hydroxylation is 2. The zero-order valence-electron chi connectivity index (χ0n) is 17.1. The van der Waals surface area contributed by atoms with Gasteiger partial charge in [-0.1, -0.05) is 12.2 Å². The molecule has 1 aliphatic heterocycles. The minimum absolute atomic E-state index is 0.0133. The van der Waals surface area contributed by atoms with Crippen molar-refractivity contribution in [1.29, 1.82) is 0 Å². The number of carbonyl (C=O) groups excluding carboxylic acids is 2. The molecule has 8 heteroatoms. The number of aromatic nitrogens is 1. The minimum atomic E-state index is -0.117. The summed E-state index contributed by atoms with van der Waals surface area (Å²) >= 11 is 1.69. The lowest BCUT2D eigenvalue weighted by Gasteiger charge is -2.18. The molecule has 156 valence electrons. The Morgan fingerprint density at radius 2 is 1.97 bits per heavy atom. The Balaban J connectivity index is 1.24. The maximum Gasteiger partial charge on any atom is 0.233 e. The number of aliphatic imine (C=N–C) groups is 1. The lowest BCUT2D eigenvalue weighted by Crippen LogP contribution is -2.43. The van der Waals surface area contributed by atoms with E-state index in [0.29, 0.717) is 19.6 Å². The average Bonchev–Trinajstić information content (AvgIpc) is 3.46. The summed E-state index contributed by atoms with van der Waals surface area (Å²) in [5, 5.41) is 9.70. The second-order valence-electron chi connectivity index (χ2n) is 8.00. The highest BCUT2D eigenvalue weighted by molar-refractivity contribution is 7.09. The number of thiazole rings is 1. The van der Waals surface area contributed by atoms with Crippen LogP contribution in [0.25, 0.3) is 0 Å². The van der Waals surface area contributed by atoms with E-state index in [4.69, 9.17) is 0 Å². The fourth-order valence-electron chi connectivity index (χ4n) is 4.75. The summed E-state index contributed by atoms with van der Waals surface area (Å²) in [5.41, 5.74) is 1.07. The number of nitrogens with one attached hydrogen (secondary N) is 2. The first-order valence-corrected chi connectivity index (χ1v) is 11.4. The van der Waals surface area contributed by atoms with Crippen LogP contribution in [0.2, 0.25) is 0 Å².